The molecule has 0 atom stereocenters. The van der Waals surface area contributed by atoms with Gasteiger partial charge in [0.25, 0.3) is 0 Å². The van der Waals surface area contributed by atoms with Crippen LogP contribution < -0.4 is 10.7 Å². The number of anilines is 3. The van der Waals surface area contributed by atoms with Crippen LogP contribution in [0.15, 0.2) is 30.6 Å². The monoisotopic (exact) mass is 363 g/mol. The molecule has 0 saturated carbocycles. The van der Waals surface area contributed by atoms with Gasteiger partial charge >= 0.3 is 5.69 Å². The van der Waals surface area contributed by atoms with Crippen LogP contribution in [0.25, 0.3) is 0 Å². The predicted molar refractivity (Wildman–Crippen MR) is 96.1 cm³/mol. The summed E-state index contributed by atoms with van der Waals surface area (Å²) < 4.78 is 0. The van der Waals surface area contributed by atoms with Crippen LogP contribution in [0.4, 0.5) is 23.0 Å². The minimum absolute atomic E-state index is 0.0877. The summed E-state index contributed by atoms with van der Waals surface area (Å²) in [5.41, 5.74) is 3.35. The molecule has 0 amide bonds. The van der Waals surface area contributed by atoms with Gasteiger partial charge in [0.05, 0.1) is 15.6 Å². The van der Waals surface area contributed by atoms with Gasteiger partial charge in [-0.1, -0.05) is 23.7 Å². The summed E-state index contributed by atoms with van der Waals surface area (Å²) >= 11 is 6.11. The average molecular weight is 364 g/mol. The minimum atomic E-state index is -0.502. The van der Waals surface area contributed by atoms with Crippen molar-refractivity contribution in [2.75, 3.05) is 44.0 Å². The van der Waals surface area contributed by atoms with Gasteiger partial charge in [-0.2, -0.15) is 0 Å². The van der Waals surface area contributed by atoms with Gasteiger partial charge in [0.2, 0.25) is 11.6 Å². The van der Waals surface area contributed by atoms with E-state index in [1.807, 2.05) is 12.1 Å². The van der Waals surface area contributed by atoms with Crippen molar-refractivity contribution in [3.63, 3.8) is 0 Å². The SMILES string of the molecule is CN1CCN(Nc2ncnc(Nc3ccccc3Cl)c2[N+](=O)[O-])CC1. The second-order valence-electron chi connectivity index (χ2n) is 5.68. The molecule has 1 aliphatic rings. The zero-order valence-corrected chi connectivity index (χ0v) is 14.4. The summed E-state index contributed by atoms with van der Waals surface area (Å²) in [6.07, 6.45) is 1.28. The number of aromatic nitrogens is 2. The van der Waals surface area contributed by atoms with E-state index < -0.39 is 4.92 Å². The highest BCUT2D eigenvalue weighted by molar-refractivity contribution is 6.33. The molecule has 132 valence electrons. The van der Waals surface area contributed by atoms with Crippen LogP contribution in [0.3, 0.4) is 0 Å². The van der Waals surface area contributed by atoms with E-state index in [1.165, 1.54) is 6.33 Å². The number of hydrogen-bond acceptors (Lipinski definition) is 8. The summed E-state index contributed by atoms with van der Waals surface area (Å²) in [5, 5.41) is 16.9. The number of hydrazine groups is 1. The highest BCUT2D eigenvalue weighted by atomic mass is 35.5. The highest BCUT2D eigenvalue weighted by Gasteiger charge is 2.25. The molecule has 1 aromatic carbocycles. The number of nitrogens with one attached hydrogen (secondary N) is 2. The number of para-hydroxylation sites is 1. The molecule has 1 aromatic heterocycles. The van der Waals surface area contributed by atoms with Crippen LogP contribution in [0.2, 0.25) is 5.02 Å². The first-order valence-electron chi connectivity index (χ1n) is 7.75. The molecule has 0 aliphatic carbocycles. The first-order valence-corrected chi connectivity index (χ1v) is 8.13. The molecule has 0 bridgehead atoms. The van der Waals surface area contributed by atoms with Crippen LogP contribution >= 0.6 is 11.6 Å². The standard InChI is InChI=1S/C15H18ClN7O2/c1-21-6-8-22(9-7-21)20-15-13(23(24)25)14(17-10-18-15)19-12-5-3-2-4-11(12)16/h2-5,10H,6-9H2,1H3,(H2,17,18,19,20). The summed E-state index contributed by atoms with van der Waals surface area (Å²) in [7, 11) is 2.04. The topological polar surface area (TPSA) is 99.5 Å². The van der Waals surface area contributed by atoms with Crippen LogP contribution in [0.1, 0.15) is 0 Å². The molecular formula is C15H18ClN7O2. The molecule has 1 fully saturated rings. The molecule has 25 heavy (non-hydrogen) atoms. The number of piperazine rings is 1. The normalized spacial score (nSPS) is 15.8. The number of hydrogen-bond donors (Lipinski definition) is 2. The fourth-order valence-corrected chi connectivity index (χ4v) is 2.67. The maximum atomic E-state index is 11.6. The van der Waals surface area contributed by atoms with E-state index in [4.69, 9.17) is 11.6 Å². The Kier molecular flexibility index (Phi) is 5.27. The van der Waals surface area contributed by atoms with Gasteiger partial charge in [0, 0.05) is 26.2 Å². The molecule has 0 radical (unpaired) electrons. The highest BCUT2D eigenvalue weighted by Crippen LogP contribution is 2.33. The van der Waals surface area contributed by atoms with Crippen molar-refractivity contribution in [3.8, 4) is 0 Å². The molecule has 9 nitrogen and oxygen atoms in total. The second kappa shape index (κ2) is 7.60. The van der Waals surface area contributed by atoms with Crippen molar-refractivity contribution in [2.45, 2.75) is 0 Å². The molecule has 1 aliphatic heterocycles. The van der Waals surface area contributed by atoms with Gasteiger partial charge < -0.3 is 10.2 Å². The Balaban J connectivity index is 1.87. The third kappa shape index (κ3) is 4.13. The zero-order chi connectivity index (χ0) is 17.8. The summed E-state index contributed by atoms with van der Waals surface area (Å²) in [5.74, 6) is 0.240. The lowest BCUT2D eigenvalue weighted by molar-refractivity contribution is -0.383. The summed E-state index contributed by atoms with van der Waals surface area (Å²) in [6, 6.07) is 6.98. The predicted octanol–water partition coefficient (Wildman–Crippen LogP) is 2.36. The molecule has 2 N–H and O–H groups in total. The van der Waals surface area contributed by atoms with Gasteiger partial charge in [-0.15, -0.1) is 0 Å². The van der Waals surface area contributed by atoms with Crippen molar-refractivity contribution >= 4 is 34.6 Å². The lowest BCUT2D eigenvalue weighted by Crippen LogP contribution is -2.47. The van der Waals surface area contributed by atoms with Gasteiger partial charge in [-0.25, -0.2) is 15.0 Å². The Morgan fingerprint density at radius 3 is 2.52 bits per heavy atom. The second-order valence-corrected chi connectivity index (χ2v) is 6.09. The number of halogens is 1. The molecule has 3 rings (SSSR count). The zero-order valence-electron chi connectivity index (χ0n) is 13.6. The van der Waals surface area contributed by atoms with E-state index in [0.29, 0.717) is 10.7 Å². The Labute approximate surface area is 149 Å². The van der Waals surface area contributed by atoms with E-state index in [-0.39, 0.29) is 17.3 Å². The van der Waals surface area contributed by atoms with Crippen LogP contribution in [-0.2, 0) is 0 Å². The van der Waals surface area contributed by atoms with Gasteiger partial charge in [0.15, 0.2) is 0 Å². The Morgan fingerprint density at radius 2 is 1.84 bits per heavy atom. The quantitative estimate of drug-likeness (QED) is 0.617. The van der Waals surface area contributed by atoms with E-state index in [2.05, 4.69) is 25.6 Å². The van der Waals surface area contributed by atoms with Crippen molar-refractivity contribution in [1.29, 1.82) is 0 Å². The van der Waals surface area contributed by atoms with E-state index >= 15 is 0 Å². The van der Waals surface area contributed by atoms with Gasteiger partial charge in [0.1, 0.15) is 6.33 Å². The Hall–Kier alpha value is -2.49. The molecule has 2 heterocycles. The lowest BCUT2D eigenvalue weighted by Gasteiger charge is -2.32. The van der Waals surface area contributed by atoms with Crippen molar-refractivity contribution in [3.05, 3.63) is 45.7 Å². The maximum absolute atomic E-state index is 11.6. The number of benzene rings is 1. The van der Waals surface area contributed by atoms with Crippen molar-refractivity contribution < 1.29 is 4.92 Å². The molecular weight excluding hydrogens is 346 g/mol. The molecule has 10 heteroatoms. The van der Waals surface area contributed by atoms with E-state index in [1.54, 1.807) is 24.3 Å². The summed E-state index contributed by atoms with van der Waals surface area (Å²) in [6.45, 7) is 3.23. The van der Waals surface area contributed by atoms with Crippen molar-refractivity contribution in [2.24, 2.45) is 0 Å². The summed E-state index contributed by atoms with van der Waals surface area (Å²) in [4.78, 5) is 21.3. The van der Waals surface area contributed by atoms with Crippen molar-refractivity contribution in [1.82, 2.24) is 19.9 Å². The fourth-order valence-electron chi connectivity index (χ4n) is 2.48. The lowest BCUT2D eigenvalue weighted by atomic mass is 10.3. The van der Waals surface area contributed by atoms with E-state index in [0.717, 1.165) is 26.2 Å². The first-order chi connectivity index (χ1) is 12.0. The number of nitro groups is 1. The number of rotatable bonds is 5. The fraction of sp³-hybridized carbons (Fsp3) is 0.333. The van der Waals surface area contributed by atoms with Gasteiger partial charge in [-0.05, 0) is 19.2 Å². The Morgan fingerprint density at radius 1 is 1.16 bits per heavy atom. The Bertz CT molecular complexity index is 765. The smallest absolute Gasteiger partial charge is 0.333 e. The van der Waals surface area contributed by atoms with Crippen LogP contribution in [-0.4, -0.2) is 58.0 Å². The average Bonchev–Trinajstić information content (AvgIpc) is 2.59. The molecule has 0 unspecified atom stereocenters. The molecule has 1 saturated heterocycles. The number of likely N-dealkylation sites (N-methyl/N-ethyl adjacent to an activating group) is 1. The minimum Gasteiger partial charge on any atom is -0.333 e. The molecule has 2 aromatic rings. The first kappa shape index (κ1) is 17.3. The maximum Gasteiger partial charge on any atom is 0.354 e. The largest absolute Gasteiger partial charge is 0.354 e. The van der Waals surface area contributed by atoms with Crippen LogP contribution in [0, 0.1) is 10.1 Å². The molecule has 0 spiro atoms. The van der Waals surface area contributed by atoms with Crippen LogP contribution in [0.5, 0.6) is 0 Å². The van der Waals surface area contributed by atoms with E-state index in [9.17, 15) is 10.1 Å². The third-order valence-corrected chi connectivity index (χ3v) is 4.23. The third-order valence-electron chi connectivity index (χ3n) is 3.90. The number of nitrogens with zero attached hydrogens (tertiary/aromatic N) is 5. The van der Waals surface area contributed by atoms with Gasteiger partial charge in [-0.3, -0.25) is 15.5 Å².